The molecule has 0 radical (unpaired) electrons. The average Bonchev–Trinajstić information content (AvgIpc) is 3.17. The molecule has 1 amide bonds. The Morgan fingerprint density at radius 1 is 1.21 bits per heavy atom. The van der Waals surface area contributed by atoms with E-state index in [9.17, 15) is 4.79 Å². The molecule has 2 aromatic carbocycles. The van der Waals surface area contributed by atoms with Gasteiger partial charge in [0.05, 0.1) is 5.75 Å². The third kappa shape index (κ3) is 5.47. The van der Waals surface area contributed by atoms with Gasteiger partial charge in [-0.05, 0) is 36.8 Å². The number of carbonyl (C=O) groups is 1. The average molecular weight is 395 g/mol. The number of ether oxygens (including phenoxy) is 1. The Labute approximate surface area is 168 Å². The second-order valence-corrected chi connectivity index (χ2v) is 6.91. The molecule has 0 atom stereocenters. The first-order valence-corrected chi connectivity index (χ1v) is 9.75. The maximum atomic E-state index is 12.6. The van der Waals surface area contributed by atoms with Crippen molar-refractivity contribution in [3.05, 3.63) is 78.7 Å². The maximum Gasteiger partial charge on any atom is 0.277 e. The zero-order valence-electron chi connectivity index (χ0n) is 15.6. The zero-order valence-corrected chi connectivity index (χ0v) is 16.4. The highest BCUT2D eigenvalue weighted by atomic mass is 32.2. The molecule has 1 aromatic heterocycles. The van der Waals surface area contributed by atoms with Crippen LogP contribution < -0.4 is 9.64 Å². The summed E-state index contributed by atoms with van der Waals surface area (Å²) >= 11 is 1.20. The van der Waals surface area contributed by atoms with Crippen LogP contribution in [0.4, 0.5) is 5.69 Å². The third-order valence-electron chi connectivity index (χ3n) is 3.80. The smallest absolute Gasteiger partial charge is 0.277 e. The molecule has 144 valence electrons. The molecule has 1 heterocycles. The Bertz CT molecular complexity index is 927. The number of rotatable bonds is 9. The van der Waals surface area contributed by atoms with Gasteiger partial charge in [0.2, 0.25) is 5.91 Å². The number of para-hydroxylation sites is 1. The fourth-order valence-corrected chi connectivity index (χ4v) is 3.15. The number of amides is 1. The van der Waals surface area contributed by atoms with Gasteiger partial charge in [0.25, 0.3) is 11.1 Å². The lowest BCUT2D eigenvalue weighted by Crippen LogP contribution is -2.32. The van der Waals surface area contributed by atoms with Gasteiger partial charge in [0.1, 0.15) is 5.75 Å². The maximum absolute atomic E-state index is 12.6. The van der Waals surface area contributed by atoms with E-state index in [-0.39, 0.29) is 18.3 Å². The molecular weight excluding hydrogens is 374 g/mol. The molecule has 0 unspecified atom stereocenters. The summed E-state index contributed by atoms with van der Waals surface area (Å²) in [6, 6.07) is 17.2. The van der Waals surface area contributed by atoms with Gasteiger partial charge in [-0.2, -0.15) is 0 Å². The number of thioether (sulfide) groups is 1. The van der Waals surface area contributed by atoms with Gasteiger partial charge in [-0.25, -0.2) is 0 Å². The molecule has 0 bridgehead atoms. The lowest BCUT2D eigenvalue weighted by molar-refractivity contribution is -0.116. The fourth-order valence-electron chi connectivity index (χ4n) is 2.49. The summed E-state index contributed by atoms with van der Waals surface area (Å²) in [5.41, 5.74) is 1.94. The second-order valence-electron chi connectivity index (χ2n) is 5.98. The topological polar surface area (TPSA) is 68.5 Å². The fraction of sp³-hybridized carbons (Fsp3) is 0.190. The Hall–Kier alpha value is -3.06. The van der Waals surface area contributed by atoms with Crippen molar-refractivity contribution in [2.75, 3.05) is 17.2 Å². The molecule has 6 nitrogen and oxygen atoms in total. The first kappa shape index (κ1) is 19.7. The minimum absolute atomic E-state index is 0.0631. The predicted molar refractivity (Wildman–Crippen MR) is 110 cm³/mol. The van der Waals surface area contributed by atoms with Crippen molar-refractivity contribution in [2.24, 2.45) is 0 Å². The van der Waals surface area contributed by atoms with Crippen LogP contribution in [0, 0.1) is 6.92 Å². The molecule has 28 heavy (non-hydrogen) atoms. The van der Waals surface area contributed by atoms with Gasteiger partial charge in [-0.1, -0.05) is 48.2 Å². The molecule has 3 aromatic rings. The zero-order chi connectivity index (χ0) is 19.8. The number of nitrogens with zero attached hydrogens (tertiary/aromatic N) is 3. The Morgan fingerprint density at radius 3 is 2.79 bits per heavy atom. The van der Waals surface area contributed by atoms with Gasteiger partial charge in [0.15, 0.2) is 6.61 Å². The van der Waals surface area contributed by atoms with Gasteiger partial charge < -0.3 is 14.1 Å². The Balaban J connectivity index is 1.54. The van der Waals surface area contributed by atoms with Crippen LogP contribution in [-0.2, 0) is 11.4 Å². The second kappa shape index (κ2) is 9.75. The molecule has 0 aliphatic rings. The van der Waals surface area contributed by atoms with Gasteiger partial charge in [-0.15, -0.1) is 16.8 Å². The van der Waals surface area contributed by atoms with E-state index >= 15 is 0 Å². The Morgan fingerprint density at radius 2 is 2.04 bits per heavy atom. The quantitative estimate of drug-likeness (QED) is 0.398. The number of aryl methyl sites for hydroxylation is 1. The number of anilines is 1. The Kier molecular flexibility index (Phi) is 6.86. The van der Waals surface area contributed by atoms with Crippen LogP contribution in [0.1, 0.15) is 11.5 Å². The van der Waals surface area contributed by atoms with Crippen molar-refractivity contribution in [1.82, 2.24) is 10.2 Å². The van der Waals surface area contributed by atoms with Crippen molar-refractivity contribution >= 4 is 23.4 Å². The molecule has 3 rings (SSSR count). The summed E-state index contributed by atoms with van der Waals surface area (Å²) in [7, 11) is 0. The molecule has 0 saturated carbocycles. The third-order valence-corrected chi connectivity index (χ3v) is 4.60. The minimum atomic E-state index is -0.0631. The molecule has 0 saturated heterocycles. The highest BCUT2D eigenvalue weighted by Gasteiger charge is 2.16. The summed E-state index contributed by atoms with van der Waals surface area (Å²) in [5, 5.41) is 8.27. The molecule has 0 aliphatic carbocycles. The first-order chi connectivity index (χ1) is 13.7. The summed E-state index contributed by atoms with van der Waals surface area (Å²) in [6.45, 7) is 6.33. The van der Waals surface area contributed by atoms with E-state index < -0.39 is 0 Å². The minimum Gasteiger partial charge on any atom is -0.484 e. The van der Waals surface area contributed by atoms with Crippen molar-refractivity contribution in [3.63, 3.8) is 0 Å². The van der Waals surface area contributed by atoms with Gasteiger partial charge in [0, 0.05) is 12.2 Å². The summed E-state index contributed by atoms with van der Waals surface area (Å²) in [5.74, 6) is 1.23. The van der Waals surface area contributed by atoms with Gasteiger partial charge in [-0.3, -0.25) is 4.79 Å². The molecule has 0 N–H and O–H groups in total. The van der Waals surface area contributed by atoms with Crippen molar-refractivity contribution in [1.29, 1.82) is 0 Å². The summed E-state index contributed by atoms with van der Waals surface area (Å²) < 4.78 is 11.2. The van der Waals surface area contributed by atoms with Crippen LogP contribution in [0.2, 0.25) is 0 Å². The lowest BCUT2D eigenvalue weighted by atomic mass is 10.2. The largest absolute Gasteiger partial charge is 0.484 e. The van der Waals surface area contributed by atoms with E-state index in [0.717, 1.165) is 17.0 Å². The van der Waals surface area contributed by atoms with Crippen molar-refractivity contribution < 1.29 is 13.9 Å². The van der Waals surface area contributed by atoms with Crippen molar-refractivity contribution in [2.45, 2.75) is 18.8 Å². The van der Waals surface area contributed by atoms with Crippen molar-refractivity contribution in [3.8, 4) is 5.75 Å². The number of benzene rings is 2. The summed E-state index contributed by atoms with van der Waals surface area (Å²) in [4.78, 5) is 14.3. The van der Waals surface area contributed by atoms with Crippen LogP contribution in [0.25, 0.3) is 0 Å². The molecule has 0 spiro atoms. The molecular formula is C21H21N3O3S. The summed E-state index contributed by atoms with van der Waals surface area (Å²) in [6.07, 6.45) is 1.70. The van der Waals surface area contributed by atoms with Crippen LogP contribution in [-0.4, -0.2) is 28.4 Å². The molecule has 0 aliphatic heterocycles. The van der Waals surface area contributed by atoms with Gasteiger partial charge >= 0.3 is 0 Å². The highest BCUT2D eigenvalue weighted by molar-refractivity contribution is 7.99. The van der Waals surface area contributed by atoms with E-state index in [2.05, 4.69) is 16.8 Å². The monoisotopic (exact) mass is 395 g/mol. The SMILES string of the molecule is C=CCN(C(=O)CSc1nnc(COc2cccc(C)c2)o1)c1ccccc1. The van der Waals surface area contributed by atoms with Crippen LogP contribution in [0.3, 0.4) is 0 Å². The highest BCUT2D eigenvalue weighted by Crippen LogP contribution is 2.21. The standard InChI is InChI=1S/C21H21N3O3S/c1-3-12-24(17-9-5-4-6-10-17)20(25)15-28-21-23-22-19(27-21)14-26-18-11-7-8-16(2)13-18/h3-11,13H,1,12,14-15H2,2H3. The van der Waals surface area contributed by atoms with Crippen LogP contribution in [0.5, 0.6) is 5.75 Å². The number of hydrogen-bond donors (Lipinski definition) is 0. The van der Waals surface area contributed by atoms with E-state index in [1.54, 1.807) is 11.0 Å². The number of carbonyl (C=O) groups excluding carboxylic acids is 1. The predicted octanol–water partition coefficient (Wildman–Crippen LogP) is 4.27. The van der Waals surface area contributed by atoms with E-state index in [4.69, 9.17) is 9.15 Å². The normalized spacial score (nSPS) is 10.5. The van der Waals surface area contributed by atoms with Crippen LogP contribution in [0.15, 0.2) is 76.9 Å². The van der Waals surface area contributed by atoms with Crippen LogP contribution >= 0.6 is 11.8 Å². The number of hydrogen-bond acceptors (Lipinski definition) is 6. The molecule has 7 heteroatoms. The number of aromatic nitrogens is 2. The van der Waals surface area contributed by atoms with E-state index in [0.29, 0.717) is 17.7 Å². The molecule has 0 fully saturated rings. The van der Waals surface area contributed by atoms with E-state index in [1.165, 1.54) is 11.8 Å². The van der Waals surface area contributed by atoms with E-state index in [1.807, 2.05) is 61.5 Å². The lowest BCUT2D eigenvalue weighted by Gasteiger charge is -2.20. The first-order valence-electron chi connectivity index (χ1n) is 8.76.